The van der Waals surface area contributed by atoms with Crippen LogP contribution >= 0.6 is 15.9 Å². The van der Waals surface area contributed by atoms with Crippen molar-refractivity contribution in [2.75, 3.05) is 5.32 Å². The Bertz CT molecular complexity index is 601. The van der Waals surface area contributed by atoms with Gasteiger partial charge in [-0.1, -0.05) is 12.1 Å². The number of carbonyl (C=O) groups excluding carboxylic acids is 1. The molecule has 1 N–H and O–H groups in total. The van der Waals surface area contributed by atoms with E-state index < -0.39 is 6.10 Å². The van der Waals surface area contributed by atoms with Crippen molar-refractivity contribution in [2.24, 2.45) is 0 Å². The molecule has 1 aliphatic rings. The van der Waals surface area contributed by atoms with Crippen LogP contribution in [-0.2, 0) is 4.79 Å². The number of benzene rings is 1. The molecule has 0 aliphatic carbocycles. The second-order valence-corrected chi connectivity index (χ2v) is 4.71. The Balaban J connectivity index is 2.02. The predicted octanol–water partition coefficient (Wildman–Crippen LogP) is 2.92. The predicted molar refractivity (Wildman–Crippen MR) is 70.4 cm³/mol. The molecule has 90 valence electrons. The minimum Gasteiger partial charge on any atom is -0.471 e. The minimum absolute atomic E-state index is 0.209. The number of para-hydroxylation sites is 1. The number of ether oxygens (including phenoxy) is 1. The smallest absolute Gasteiger partial charge is 0.271 e. The van der Waals surface area contributed by atoms with Gasteiger partial charge in [0, 0.05) is 6.20 Å². The molecule has 1 aliphatic heterocycles. The van der Waals surface area contributed by atoms with Gasteiger partial charge in [0.2, 0.25) is 6.10 Å². The molecule has 1 unspecified atom stereocenters. The van der Waals surface area contributed by atoms with Crippen molar-refractivity contribution in [3.63, 3.8) is 0 Å². The Kier molecular flexibility index (Phi) is 2.76. The highest BCUT2D eigenvalue weighted by Crippen LogP contribution is 2.39. The van der Waals surface area contributed by atoms with Crippen LogP contribution in [0.2, 0.25) is 0 Å². The van der Waals surface area contributed by atoms with Gasteiger partial charge in [0.1, 0.15) is 0 Å². The first kappa shape index (κ1) is 11.2. The SMILES string of the molecule is O=C1Nc2cccc(Br)c2OC1c1ccccn1. The van der Waals surface area contributed by atoms with E-state index in [1.165, 1.54) is 0 Å². The van der Waals surface area contributed by atoms with E-state index in [0.717, 1.165) is 4.47 Å². The van der Waals surface area contributed by atoms with Crippen LogP contribution in [0.15, 0.2) is 47.1 Å². The van der Waals surface area contributed by atoms with E-state index in [1.807, 2.05) is 18.2 Å². The number of nitrogens with one attached hydrogen (secondary N) is 1. The highest BCUT2D eigenvalue weighted by atomic mass is 79.9. The molecule has 4 nitrogen and oxygen atoms in total. The highest BCUT2D eigenvalue weighted by molar-refractivity contribution is 9.10. The summed E-state index contributed by atoms with van der Waals surface area (Å²) in [5, 5.41) is 2.82. The molecular weight excluding hydrogens is 296 g/mol. The van der Waals surface area contributed by atoms with E-state index in [-0.39, 0.29) is 5.91 Å². The first-order valence-corrected chi connectivity index (χ1v) is 6.22. The van der Waals surface area contributed by atoms with Gasteiger partial charge in [0.15, 0.2) is 5.75 Å². The summed E-state index contributed by atoms with van der Waals surface area (Å²) in [5.74, 6) is 0.423. The molecule has 2 aromatic rings. The molecule has 18 heavy (non-hydrogen) atoms. The average Bonchev–Trinajstić information content (AvgIpc) is 2.39. The summed E-state index contributed by atoms with van der Waals surface area (Å²) in [5.41, 5.74) is 1.26. The summed E-state index contributed by atoms with van der Waals surface area (Å²) in [6.07, 6.45) is 0.930. The number of nitrogens with zero attached hydrogens (tertiary/aromatic N) is 1. The van der Waals surface area contributed by atoms with E-state index >= 15 is 0 Å². The van der Waals surface area contributed by atoms with Gasteiger partial charge in [-0.05, 0) is 40.2 Å². The zero-order valence-corrected chi connectivity index (χ0v) is 10.8. The van der Waals surface area contributed by atoms with Crippen molar-refractivity contribution in [3.05, 3.63) is 52.8 Å². The lowest BCUT2D eigenvalue weighted by molar-refractivity contribution is -0.123. The topological polar surface area (TPSA) is 51.2 Å². The number of amides is 1. The Hall–Kier alpha value is -1.88. The summed E-state index contributed by atoms with van der Waals surface area (Å²) < 4.78 is 6.55. The van der Waals surface area contributed by atoms with Gasteiger partial charge < -0.3 is 10.1 Å². The van der Waals surface area contributed by atoms with Crippen molar-refractivity contribution in [1.82, 2.24) is 4.98 Å². The molecule has 0 saturated heterocycles. The molecule has 1 aromatic carbocycles. The fourth-order valence-electron chi connectivity index (χ4n) is 1.82. The lowest BCUT2D eigenvalue weighted by Crippen LogP contribution is -2.30. The van der Waals surface area contributed by atoms with Crippen LogP contribution in [-0.4, -0.2) is 10.9 Å². The zero-order chi connectivity index (χ0) is 12.5. The number of hydrogen-bond donors (Lipinski definition) is 1. The molecular formula is C13H9BrN2O2. The Morgan fingerprint density at radius 3 is 2.89 bits per heavy atom. The van der Waals surface area contributed by atoms with E-state index in [2.05, 4.69) is 26.2 Å². The normalized spacial score (nSPS) is 17.6. The van der Waals surface area contributed by atoms with Crippen molar-refractivity contribution >= 4 is 27.5 Å². The maximum absolute atomic E-state index is 12.0. The third-order valence-electron chi connectivity index (χ3n) is 2.66. The van der Waals surface area contributed by atoms with E-state index in [9.17, 15) is 4.79 Å². The first-order valence-electron chi connectivity index (χ1n) is 5.42. The maximum atomic E-state index is 12.0. The van der Waals surface area contributed by atoms with Gasteiger partial charge in [0.25, 0.3) is 5.91 Å². The van der Waals surface area contributed by atoms with E-state index in [0.29, 0.717) is 17.1 Å². The van der Waals surface area contributed by atoms with Crippen LogP contribution in [0, 0.1) is 0 Å². The van der Waals surface area contributed by atoms with Crippen LogP contribution in [0.1, 0.15) is 11.8 Å². The van der Waals surface area contributed by atoms with Crippen molar-refractivity contribution < 1.29 is 9.53 Å². The van der Waals surface area contributed by atoms with E-state index in [4.69, 9.17) is 4.74 Å². The third kappa shape index (κ3) is 1.86. The fraction of sp³-hybridized carbons (Fsp3) is 0.0769. The van der Waals surface area contributed by atoms with Gasteiger partial charge in [-0.15, -0.1) is 0 Å². The second-order valence-electron chi connectivity index (χ2n) is 3.86. The third-order valence-corrected chi connectivity index (χ3v) is 3.28. The monoisotopic (exact) mass is 304 g/mol. The quantitative estimate of drug-likeness (QED) is 0.881. The number of carbonyl (C=O) groups is 1. The molecule has 1 atom stereocenters. The Morgan fingerprint density at radius 1 is 1.22 bits per heavy atom. The lowest BCUT2D eigenvalue weighted by Gasteiger charge is -2.26. The van der Waals surface area contributed by atoms with Crippen LogP contribution in [0.5, 0.6) is 5.75 Å². The molecule has 3 rings (SSSR count). The molecule has 1 amide bonds. The van der Waals surface area contributed by atoms with Gasteiger partial charge >= 0.3 is 0 Å². The number of rotatable bonds is 1. The van der Waals surface area contributed by atoms with Crippen LogP contribution < -0.4 is 10.1 Å². The lowest BCUT2D eigenvalue weighted by atomic mass is 10.1. The number of halogens is 1. The van der Waals surface area contributed by atoms with Gasteiger partial charge in [0.05, 0.1) is 15.9 Å². The van der Waals surface area contributed by atoms with Crippen LogP contribution in [0.4, 0.5) is 5.69 Å². The second kappa shape index (κ2) is 4.42. The summed E-state index contributed by atoms with van der Waals surface area (Å²) in [4.78, 5) is 16.1. The van der Waals surface area contributed by atoms with Crippen molar-refractivity contribution in [1.29, 1.82) is 0 Å². The van der Waals surface area contributed by atoms with Crippen LogP contribution in [0.3, 0.4) is 0 Å². The molecule has 0 saturated carbocycles. The number of hydrogen-bond acceptors (Lipinski definition) is 3. The molecule has 0 spiro atoms. The number of aromatic nitrogens is 1. The number of fused-ring (bicyclic) bond motifs is 1. The van der Waals surface area contributed by atoms with Crippen molar-refractivity contribution in [2.45, 2.75) is 6.10 Å². The van der Waals surface area contributed by atoms with Crippen LogP contribution in [0.25, 0.3) is 0 Å². The maximum Gasteiger partial charge on any atom is 0.271 e. The van der Waals surface area contributed by atoms with E-state index in [1.54, 1.807) is 24.4 Å². The molecule has 0 bridgehead atoms. The summed E-state index contributed by atoms with van der Waals surface area (Å²) in [7, 11) is 0. The number of anilines is 1. The molecule has 0 radical (unpaired) electrons. The first-order chi connectivity index (χ1) is 8.75. The Morgan fingerprint density at radius 2 is 2.11 bits per heavy atom. The average molecular weight is 305 g/mol. The summed E-state index contributed by atoms with van der Waals surface area (Å²) in [6.45, 7) is 0. The summed E-state index contributed by atoms with van der Waals surface area (Å²) >= 11 is 3.41. The molecule has 0 fully saturated rings. The molecule has 1 aromatic heterocycles. The number of pyridine rings is 1. The molecule has 2 heterocycles. The highest BCUT2D eigenvalue weighted by Gasteiger charge is 2.30. The van der Waals surface area contributed by atoms with Gasteiger partial charge in [-0.2, -0.15) is 0 Å². The summed E-state index contributed by atoms with van der Waals surface area (Å²) in [6, 6.07) is 10.9. The fourth-order valence-corrected chi connectivity index (χ4v) is 2.28. The minimum atomic E-state index is -0.711. The van der Waals surface area contributed by atoms with Crippen molar-refractivity contribution in [3.8, 4) is 5.75 Å². The standard InChI is InChI=1S/C13H9BrN2O2/c14-8-4-3-6-10-11(8)18-12(13(17)16-10)9-5-1-2-7-15-9/h1-7,12H,(H,16,17). The zero-order valence-electron chi connectivity index (χ0n) is 9.26. The van der Waals surface area contributed by atoms with Gasteiger partial charge in [-0.25, -0.2) is 0 Å². The largest absolute Gasteiger partial charge is 0.471 e. The molecule has 5 heteroatoms. The Labute approximate surface area is 112 Å². The van der Waals surface area contributed by atoms with Gasteiger partial charge in [-0.3, -0.25) is 9.78 Å².